The minimum absolute atomic E-state index is 0.122. The van der Waals surface area contributed by atoms with Crippen molar-refractivity contribution in [3.05, 3.63) is 87.8 Å². The standard InChI is InChI=1S/C23H27N5O/c1-16-12-22(29)25-23(24-16)19-10-8-17(9-11-19)14-28(2)15-20-13-21(27-26-20)18-6-4-3-5-7-18/h3-12,20-21,26-27H,13-15H2,1-2H3,(H,24,25,29). The van der Waals surface area contributed by atoms with Gasteiger partial charge >= 0.3 is 0 Å². The smallest absolute Gasteiger partial charge is 0.251 e. The average molecular weight is 390 g/mol. The lowest BCUT2D eigenvalue weighted by atomic mass is 10.0. The summed E-state index contributed by atoms with van der Waals surface area (Å²) in [7, 11) is 2.14. The molecule has 6 nitrogen and oxygen atoms in total. The van der Waals surface area contributed by atoms with Gasteiger partial charge in [0.1, 0.15) is 5.82 Å². The highest BCUT2D eigenvalue weighted by Crippen LogP contribution is 2.22. The SMILES string of the molecule is Cc1cc(=O)[nH]c(-c2ccc(CN(C)CC3CC(c4ccccc4)NN3)cc2)n1. The van der Waals surface area contributed by atoms with Crippen molar-refractivity contribution in [3.8, 4) is 11.4 Å². The molecule has 2 aromatic carbocycles. The number of nitrogens with one attached hydrogen (secondary N) is 3. The predicted molar refractivity (Wildman–Crippen MR) is 115 cm³/mol. The Hall–Kier alpha value is -2.80. The van der Waals surface area contributed by atoms with Crippen LogP contribution in [-0.4, -0.2) is 34.5 Å². The number of aromatic amines is 1. The summed E-state index contributed by atoms with van der Waals surface area (Å²) in [4.78, 5) is 21.2. The Morgan fingerprint density at radius 1 is 1.07 bits per heavy atom. The van der Waals surface area contributed by atoms with Crippen LogP contribution < -0.4 is 16.4 Å². The Bertz CT molecular complexity index is 1000. The second-order valence-electron chi connectivity index (χ2n) is 7.81. The van der Waals surface area contributed by atoms with Gasteiger partial charge in [-0.25, -0.2) is 10.4 Å². The Balaban J connectivity index is 1.33. The van der Waals surface area contributed by atoms with Gasteiger partial charge in [0.15, 0.2) is 0 Å². The first kappa shape index (κ1) is 19.5. The van der Waals surface area contributed by atoms with Gasteiger partial charge in [-0.05, 0) is 31.5 Å². The van der Waals surface area contributed by atoms with E-state index in [0.29, 0.717) is 17.9 Å². The molecule has 1 aliphatic heterocycles. The highest BCUT2D eigenvalue weighted by Gasteiger charge is 2.25. The zero-order valence-corrected chi connectivity index (χ0v) is 16.9. The van der Waals surface area contributed by atoms with E-state index in [-0.39, 0.29) is 5.56 Å². The first-order valence-electron chi connectivity index (χ1n) is 9.98. The fraction of sp³-hybridized carbons (Fsp3) is 0.304. The van der Waals surface area contributed by atoms with Crippen molar-refractivity contribution >= 4 is 0 Å². The molecule has 29 heavy (non-hydrogen) atoms. The van der Waals surface area contributed by atoms with Gasteiger partial charge in [0, 0.05) is 42.5 Å². The van der Waals surface area contributed by atoms with Crippen molar-refractivity contribution in [3.63, 3.8) is 0 Å². The number of nitrogens with zero attached hydrogens (tertiary/aromatic N) is 2. The first-order valence-corrected chi connectivity index (χ1v) is 9.98. The third-order valence-corrected chi connectivity index (χ3v) is 5.27. The van der Waals surface area contributed by atoms with Gasteiger partial charge in [-0.2, -0.15) is 0 Å². The van der Waals surface area contributed by atoms with E-state index in [1.807, 2.05) is 19.1 Å². The molecule has 1 saturated heterocycles. The Labute approximate surface area is 171 Å². The number of H-pyrrole nitrogens is 1. The molecule has 0 amide bonds. The van der Waals surface area contributed by atoms with E-state index in [9.17, 15) is 4.79 Å². The lowest BCUT2D eigenvalue weighted by Gasteiger charge is -2.21. The molecule has 1 fully saturated rings. The summed E-state index contributed by atoms with van der Waals surface area (Å²) >= 11 is 0. The quantitative estimate of drug-likeness (QED) is 0.605. The largest absolute Gasteiger partial charge is 0.307 e. The number of benzene rings is 2. The molecular weight excluding hydrogens is 362 g/mol. The maximum Gasteiger partial charge on any atom is 0.251 e. The molecule has 0 saturated carbocycles. The number of aryl methyl sites for hydroxylation is 1. The monoisotopic (exact) mass is 389 g/mol. The maximum absolute atomic E-state index is 11.7. The van der Waals surface area contributed by atoms with Gasteiger partial charge in [-0.3, -0.25) is 10.2 Å². The van der Waals surface area contributed by atoms with Crippen molar-refractivity contribution in [1.82, 2.24) is 25.7 Å². The Kier molecular flexibility index (Phi) is 5.85. The molecule has 150 valence electrons. The van der Waals surface area contributed by atoms with Gasteiger partial charge in [0.25, 0.3) is 5.56 Å². The van der Waals surface area contributed by atoms with Crippen molar-refractivity contribution in [2.24, 2.45) is 0 Å². The highest BCUT2D eigenvalue weighted by atomic mass is 16.1. The van der Waals surface area contributed by atoms with E-state index in [1.54, 1.807) is 0 Å². The molecule has 2 atom stereocenters. The molecule has 0 bridgehead atoms. The maximum atomic E-state index is 11.7. The Morgan fingerprint density at radius 2 is 1.83 bits per heavy atom. The summed E-state index contributed by atoms with van der Waals surface area (Å²) in [6.45, 7) is 3.66. The third-order valence-electron chi connectivity index (χ3n) is 5.27. The summed E-state index contributed by atoms with van der Waals surface area (Å²) in [5.74, 6) is 0.614. The van der Waals surface area contributed by atoms with E-state index in [4.69, 9.17) is 0 Å². The number of aromatic nitrogens is 2. The summed E-state index contributed by atoms with van der Waals surface area (Å²) in [5.41, 5.74) is 10.9. The molecule has 6 heteroatoms. The minimum Gasteiger partial charge on any atom is -0.307 e. The zero-order chi connectivity index (χ0) is 20.2. The van der Waals surface area contributed by atoms with Crippen LogP contribution in [0.25, 0.3) is 11.4 Å². The van der Waals surface area contributed by atoms with E-state index in [0.717, 1.165) is 30.8 Å². The number of hydrogen-bond acceptors (Lipinski definition) is 5. The lowest BCUT2D eigenvalue weighted by molar-refractivity contribution is 0.289. The van der Waals surface area contributed by atoms with Crippen LogP contribution in [-0.2, 0) is 6.54 Å². The van der Waals surface area contributed by atoms with Crippen LogP contribution in [0.2, 0.25) is 0 Å². The number of hydrazine groups is 1. The fourth-order valence-electron chi connectivity index (χ4n) is 3.88. The highest BCUT2D eigenvalue weighted by molar-refractivity contribution is 5.55. The van der Waals surface area contributed by atoms with Gasteiger partial charge in [0.2, 0.25) is 0 Å². The van der Waals surface area contributed by atoms with E-state index in [1.165, 1.54) is 17.2 Å². The van der Waals surface area contributed by atoms with Crippen LogP contribution in [0.1, 0.15) is 29.3 Å². The first-order chi connectivity index (χ1) is 14.1. The average Bonchev–Trinajstić information content (AvgIpc) is 3.17. The molecule has 4 rings (SSSR count). The summed E-state index contributed by atoms with van der Waals surface area (Å²) in [5, 5.41) is 0. The van der Waals surface area contributed by atoms with Gasteiger partial charge in [-0.1, -0.05) is 54.6 Å². The molecule has 0 aliphatic carbocycles. The summed E-state index contributed by atoms with van der Waals surface area (Å²) in [6, 6.07) is 21.1. The molecular formula is C23H27N5O. The van der Waals surface area contributed by atoms with Crippen molar-refractivity contribution in [1.29, 1.82) is 0 Å². The van der Waals surface area contributed by atoms with Gasteiger partial charge < -0.3 is 9.88 Å². The third kappa shape index (κ3) is 4.98. The molecule has 1 aliphatic rings. The van der Waals surface area contributed by atoms with E-state index < -0.39 is 0 Å². The molecule has 3 N–H and O–H groups in total. The van der Waals surface area contributed by atoms with Crippen LogP contribution in [0.5, 0.6) is 0 Å². The molecule has 2 unspecified atom stereocenters. The molecule has 0 spiro atoms. The van der Waals surface area contributed by atoms with Crippen molar-refractivity contribution in [2.75, 3.05) is 13.6 Å². The van der Waals surface area contributed by atoms with Crippen LogP contribution in [0.3, 0.4) is 0 Å². The van der Waals surface area contributed by atoms with Gasteiger partial charge in [-0.15, -0.1) is 0 Å². The summed E-state index contributed by atoms with van der Waals surface area (Å²) in [6.07, 6.45) is 1.07. The van der Waals surface area contributed by atoms with Crippen LogP contribution in [0, 0.1) is 6.92 Å². The number of hydrogen-bond donors (Lipinski definition) is 3. The second-order valence-corrected chi connectivity index (χ2v) is 7.81. The van der Waals surface area contributed by atoms with E-state index >= 15 is 0 Å². The number of likely N-dealkylation sites (N-methyl/N-ethyl adjacent to an activating group) is 1. The van der Waals surface area contributed by atoms with Crippen molar-refractivity contribution in [2.45, 2.75) is 32.0 Å². The normalized spacial score (nSPS) is 19.0. The second kappa shape index (κ2) is 8.69. The fourth-order valence-corrected chi connectivity index (χ4v) is 3.88. The topological polar surface area (TPSA) is 73.1 Å². The van der Waals surface area contributed by atoms with Crippen molar-refractivity contribution < 1.29 is 0 Å². The lowest BCUT2D eigenvalue weighted by Crippen LogP contribution is -2.38. The predicted octanol–water partition coefficient (Wildman–Crippen LogP) is 2.78. The molecule has 3 aromatic rings. The van der Waals surface area contributed by atoms with E-state index in [2.05, 4.69) is 75.2 Å². The Morgan fingerprint density at radius 3 is 2.55 bits per heavy atom. The molecule has 1 aromatic heterocycles. The number of rotatable bonds is 6. The van der Waals surface area contributed by atoms with Crippen LogP contribution >= 0.6 is 0 Å². The van der Waals surface area contributed by atoms with Crippen LogP contribution in [0.15, 0.2) is 65.5 Å². The molecule has 0 radical (unpaired) electrons. The minimum atomic E-state index is -0.122. The van der Waals surface area contributed by atoms with Gasteiger partial charge in [0.05, 0.1) is 0 Å². The molecule has 2 heterocycles. The zero-order valence-electron chi connectivity index (χ0n) is 16.9. The summed E-state index contributed by atoms with van der Waals surface area (Å²) < 4.78 is 0. The van der Waals surface area contributed by atoms with Crippen LogP contribution in [0.4, 0.5) is 0 Å².